The maximum Gasteiger partial charge on any atom is 0.412 e. The molecule has 2 heterocycles. The van der Waals surface area contributed by atoms with Crippen LogP contribution in [0.1, 0.15) is 22.0 Å². The monoisotopic (exact) mass is 454 g/mol. The summed E-state index contributed by atoms with van der Waals surface area (Å²) in [5.74, 6) is -1.68. The van der Waals surface area contributed by atoms with Crippen LogP contribution in [0.3, 0.4) is 0 Å². The number of pyridine rings is 1. The number of hydrogen-bond donors (Lipinski definition) is 2. The van der Waals surface area contributed by atoms with Crippen molar-refractivity contribution in [3.63, 3.8) is 0 Å². The highest BCUT2D eigenvalue weighted by atomic mass is 19.4. The molecule has 0 radical (unpaired) electrons. The average Bonchev–Trinajstić information content (AvgIpc) is 2.79. The van der Waals surface area contributed by atoms with E-state index in [2.05, 4.69) is 15.3 Å². The summed E-state index contributed by atoms with van der Waals surface area (Å²) in [6.07, 6.45) is -3.66. The third kappa shape index (κ3) is 4.14. The van der Waals surface area contributed by atoms with E-state index in [0.29, 0.717) is 5.56 Å². The molecule has 0 saturated carbocycles. The number of nitrogens with zero attached hydrogens (tertiary/aromatic N) is 3. The summed E-state index contributed by atoms with van der Waals surface area (Å²) in [7, 11) is 1.50. The Bertz CT molecular complexity index is 1400. The summed E-state index contributed by atoms with van der Waals surface area (Å²) < 4.78 is 43.9. The number of benzene rings is 2. The summed E-state index contributed by atoms with van der Waals surface area (Å²) in [5, 5.41) is 11.5. The normalized spacial score (nSPS) is 12.5. The van der Waals surface area contributed by atoms with Crippen LogP contribution in [-0.4, -0.2) is 31.8 Å². The van der Waals surface area contributed by atoms with Gasteiger partial charge in [-0.3, -0.25) is 9.36 Å². The molecule has 2 N–H and O–H groups in total. The Labute approximate surface area is 185 Å². The van der Waals surface area contributed by atoms with Crippen molar-refractivity contribution in [1.82, 2.24) is 14.5 Å². The molecule has 0 bridgehead atoms. The first-order valence-corrected chi connectivity index (χ1v) is 9.75. The number of carboxylic acid groups (broad SMARTS) is 1. The van der Waals surface area contributed by atoms with E-state index in [1.54, 1.807) is 30.3 Å². The number of fused-ring (bicyclic) bond motifs is 1. The molecule has 0 aliphatic rings. The van der Waals surface area contributed by atoms with Gasteiger partial charge in [-0.15, -0.1) is 0 Å². The minimum Gasteiger partial charge on any atom is -0.478 e. The van der Waals surface area contributed by atoms with Crippen LogP contribution in [0, 0.1) is 0 Å². The highest BCUT2D eigenvalue weighted by molar-refractivity contribution is 5.93. The van der Waals surface area contributed by atoms with Gasteiger partial charge < -0.3 is 10.4 Å². The van der Waals surface area contributed by atoms with Gasteiger partial charge in [0.2, 0.25) is 0 Å². The predicted octanol–water partition coefficient (Wildman–Crippen LogP) is 4.41. The zero-order chi connectivity index (χ0) is 23.8. The second kappa shape index (κ2) is 8.38. The molecule has 4 rings (SSSR count). The average molecular weight is 454 g/mol. The number of aromatic carboxylic acids is 1. The first kappa shape index (κ1) is 22.0. The number of carbonyl (C=O) groups is 1. The van der Waals surface area contributed by atoms with Crippen molar-refractivity contribution in [2.24, 2.45) is 7.05 Å². The molecule has 0 unspecified atom stereocenters. The number of para-hydroxylation sites is 1. The van der Waals surface area contributed by atoms with Gasteiger partial charge in [-0.2, -0.15) is 13.2 Å². The fourth-order valence-electron chi connectivity index (χ4n) is 3.56. The van der Waals surface area contributed by atoms with Gasteiger partial charge in [-0.1, -0.05) is 42.5 Å². The van der Waals surface area contributed by atoms with Crippen LogP contribution in [-0.2, 0) is 7.05 Å². The molecule has 2 aromatic carbocycles. The van der Waals surface area contributed by atoms with Crippen molar-refractivity contribution in [2.45, 2.75) is 12.2 Å². The van der Waals surface area contributed by atoms with E-state index < -0.39 is 35.1 Å². The van der Waals surface area contributed by atoms with Crippen LogP contribution in [0.5, 0.6) is 0 Å². The van der Waals surface area contributed by atoms with Crippen molar-refractivity contribution < 1.29 is 23.1 Å². The van der Waals surface area contributed by atoms with Crippen LogP contribution in [0.2, 0.25) is 0 Å². The first-order chi connectivity index (χ1) is 15.7. The molecule has 10 heteroatoms. The Morgan fingerprint density at radius 3 is 2.45 bits per heavy atom. The second-order valence-corrected chi connectivity index (χ2v) is 7.23. The molecule has 7 nitrogen and oxygen atoms in total. The van der Waals surface area contributed by atoms with Gasteiger partial charge in [0.1, 0.15) is 17.2 Å². The summed E-state index contributed by atoms with van der Waals surface area (Å²) in [6.45, 7) is 0. The van der Waals surface area contributed by atoms with E-state index in [1.807, 2.05) is 0 Å². The van der Waals surface area contributed by atoms with Crippen molar-refractivity contribution in [2.75, 3.05) is 5.32 Å². The van der Waals surface area contributed by atoms with Gasteiger partial charge in [0.15, 0.2) is 6.04 Å². The number of nitrogens with one attached hydrogen (secondary N) is 1. The quantitative estimate of drug-likeness (QED) is 0.464. The SMILES string of the molecule is Cn1c(-c2ccccc2)nc2c([C@H](Nc3ncccc3C(=O)O)C(F)(F)F)cccc2c1=O. The molecule has 0 aliphatic heterocycles. The largest absolute Gasteiger partial charge is 0.478 e. The van der Waals surface area contributed by atoms with Crippen LogP contribution in [0.15, 0.2) is 71.7 Å². The fraction of sp³-hybridized carbons (Fsp3) is 0.130. The Hall–Kier alpha value is -4.21. The summed E-state index contributed by atoms with van der Waals surface area (Å²) in [4.78, 5) is 32.7. The Morgan fingerprint density at radius 2 is 1.79 bits per heavy atom. The fourth-order valence-corrected chi connectivity index (χ4v) is 3.56. The second-order valence-electron chi connectivity index (χ2n) is 7.23. The maximum atomic E-state index is 14.2. The van der Waals surface area contributed by atoms with Gasteiger partial charge in [-0.25, -0.2) is 14.8 Å². The van der Waals surface area contributed by atoms with E-state index in [1.165, 1.54) is 42.1 Å². The van der Waals surface area contributed by atoms with Gasteiger partial charge in [0.05, 0.1) is 10.9 Å². The van der Waals surface area contributed by atoms with Crippen molar-refractivity contribution in [1.29, 1.82) is 0 Å². The summed E-state index contributed by atoms with van der Waals surface area (Å²) >= 11 is 0. The van der Waals surface area contributed by atoms with E-state index in [0.717, 1.165) is 6.07 Å². The molecule has 33 heavy (non-hydrogen) atoms. The zero-order valence-electron chi connectivity index (χ0n) is 17.2. The molecular formula is C23H17F3N4O3. The van der Waals surface area contributed by atoms with Crippen molar-refractivity contribution >= 4 is 22.7 Å². The molecule has 1 atom stereocenters. The van der Waals surface area contributed by atoms with Gasteiger partial charge in [-0.05, 0) is 18.2 Å². The topological polar surface area (TPSA) is 97.1 Å². The summed E-state index contributed by atoms with van der Waals surface area (Å²) in [5.41, 5.74) is -0.825. The van der Waals surface area contributed by atoms with E-state index in [-0.39, 0.29) is 22.3 Å². The number of halogens is 3. The Kier molecular flexibility index (Phi) is 5.59. The van der Waals surface area contributed by atoms with E-state index in [9.17, 15) is 27.9 Å². The standard InChI is InChI=1S/C23H17F3N4O3/c1-30-20(13-7-3-2-4-8-13)28-17-14(9-5-10-15(17)21(30)31)18(23(24,25)26)29-19-16(22(32)33)11-6-12-27-19/h2-12,18H,1H3,(H,27,29)(H,32,33)/t18-/m0/s1. The number of hydrogen-bond acceptors (Lipinski definition) is 5. The van der Waals surface area contributed by atoms with E-state index in [4.69, 9.17) is 0 Å². The van der Waals surface area contributed by atoms with Gasteiger partial charge >= 0.3 is 12.1 Å². The molecule has 0 amide bonds. The number of aromatic nitrogens is 3. The molecule has 168 valence electrons. The summed E-state index contributed by atoms with van der Waals surface area (Å²) in [6, 6.07) is 12.7. The first-order valence-electron chi connectivity index (χ1n) is 9.75. The smallest absolute Gasteiger partial charge is 0.412 e. The lowest BCUT2D eigenvalue weighted by atomic mass is 10.0. The van der Waals surface area contributed by atoms with E-state index >= 15 is 0 Å². The molecule has 0 fully saturated rings. The van der Waals surface area contributed by atoms with Crippen LogP contribution in [0.25, 0.3) is 22.3 Å². The third-order valence-electron chi connectivity index (χ3n) is 5.13. The number of alkyl halides is 3. The number of rotatable bonds is 5. The van der Waals surface area contributed by atoms with Crippen LogP contribution < -0.4 is 10.9 Å². The minimum atomic E-state index is -4.85. The third-order valence-corrected chi connectivity index (χ3v) is 5.13. The molecule has 0 saturated heterocycles. The number of carboxylic acids is 1. The Balaban J connectivity index is 1.95. The molecular weight excluding hydrogens is 437 g/mol. The van der Waals surface area contributed by atoms with Crippen molar-refractivity contribution in [3.05, 3.63) is 88.3 Å². The highest BCUT2D eigenvalue weighted by Gasteiger charge is 2.43. The van der Waals surface area contributed by atoms with Gasteiger partial charge in [0, 0.05) is 24.4 Å². The lowest BCUT2D eigenvalue weighted by Crippen LogP contribution is -2.30. The van der Waals surface area contributed by atoms with Crippen LogP contribution in [0.4, 0.5) is 19.0 Å². The Morgan fingerprint density at radius 1 is 1.06 bits per heavy atom. The molecule has 0 spiro atoms. The van der Waals surface area contributed by atoms with Crippen molar-refractivity contribution in [3.8, 4) is 11.4 Å². The maximum absolute atomic E-state index is 14.2. The predicted molar refractivity (Wildman–Crippen MR) is 116 cm³/mol. The lowest BCUT2D eigenvalue weighted by molar-refractivity contribution is -0.143. The zero-order valence-corrected chi connectivity index (χ0v) is 17.2. The molecule has 4 aromatic rings. The minimum absolute atomic E-state index is 0.00482. The van der Waals surface area contributed by atoms with Crippen LogP contribution >= 0.6 is 0 Å². The highest BCUT2D eigenvalue weighted by Crippen LogP contribution is 2.38. The lowest BCUT2D eigenvalue weighted by Gasteiger charge is -2.24. The number of anilines is 1. The van der Waals surface area contributed by atoms with Gasteiger partial charge in [0.25, 0.3) is 5.56 Å². The molecule has 2 aromatic heterocycles. The molecule has 0 aliphatic carbocycles.